The summed E-state index contributed by atoms with van der Waals surface area (Å²) >= 11 is 0. The number of rotatable bonds is 4. The van der Waals surface area contributed by atoms with Gasteiger partial charge in [-0.1, -0.05) is 12.1 Å². The molecule has 0 bridgehead atoms. The van der Waals surface area contributed by atoms with E-state index in [4.69, 9.17) is 4.74 Å². The minimum absolute atomic E-state index is 0.0968. The third-order valence-electron chi connectivity index (χ3n) is 2.38. The predicted octanol–water partition coefficient (Wildman–Crippen LogP) is 1.23. The van der Waals surface area contributed by atoms with Crippen LogP contribution in [0.15, 0.2) is 29.8 Å². The minimum atomic E-state index is -1.04. The molecular weight excluding hydrogens is 280 g/mol. The molecule has 0 saturated heterocycles. The van der Waals surface area contributed by atoms with E-state index in [1.165, 1.54) is 31.2 Å². The van der Waals surface area contributed by atoms with E-state index in [1.54, 1.807) is 0 Å². The van der Waals surface area contributed by atoms with Gasteiger partial charge >= 0.3 is 17.9 Å². The fraction of sp³-hybridized carbons (Fsp3) is 0.214. The Morgan fingerprint density at radius 1 is 1.05 bits per heavy atom. The van der Waals surface area contributed by atoms with Crippen LogP contribution in [0.3, 0.4) is 0 Å². The molecular formula is C14H14O7. The van der Waals surface area contributed by atoms with Crippen molar-refractivity contribution in [3.63, 3.8) is 0 Å². The van der Waals surface area contributed by atoms with Crippen LogP contribution in [0.2, 0.25) is 0 Å². The maximum Gasteiger partial charge on any atom is 0.349 e. The number of aliphatic hydroxyl groups excluding tert-OH is 1. The second-order valence-electron chi connectivity index (χ2n) is 3.83. The van der Waals surface area contributed by atoms with Crippen molar-refractivity contribution in [2.24, 2.45) is 0 Å². The summed E-state index contributed by atoms with van der Waals surface area (Å²) in [4.78, 5) is 34.0. The summed E-state index contributed by atoms with van der Waals surface area (Å²) in [6.45, 7) is 1.22. The first kappa shape index (κ1) is 16.2. The van der Waals surface area contributed by atoms with Gasteiger partial charge in [-0.15, -0.1) is 0 Å². The lowest BCUT2D eigenvalue weighted by Crippen LogP contribution is -2.18. The number of hydrogen-bond acceptors (Lipinski definition) is 7. The lowest BCUT2D eigenvalue weighted by Gasteiger charge is -2.08. The molecule has 0 aliphatic carbocycles. The molecule has 21 heavy (non-hydrogen) atoms. The number of benzene rings is 1. The third kappa shape index (κ3) is 4.07. The van der Waals surface area contributed by atoms with E-state index in [9.17, 15) is 19.5 Å². The van der Waals surface area contributed by atoms with Crippen molar-refractivity contribution in [2.45, 2.75) is 6.92 Å². The summed E-state index contributed by atoms with van der Waals surface area (Å²) < 4.78 is 13.7. The van der Waals surface area contributed by atoms with Gasteiger partial charge in [0.2, 0.25) is 0 Å². The lowest BCUT2D eigenvalue weighted by molar-refractivity contribution is -0.144. The Bertz CT molecular complexity index is 583. The molecule has 0 radical (unpaired) electrons. The minimum Gasteiger partial charge on any atom is -0.506 e. The highest BCUT2D eigenvalue weighted by Gasteiger charge is 2.26. The number of methoxy groups -OCH3 is 2. The molecule has 1 aromatic rings. The van der Waals surface area contributed by atoms with E-state index in [0.29, 0.717) is 0 Å². The SMILES string of the molecule is COC(=O)C(C(=O)OC)=C(O)c1cccc(OC(C)=O)c1. The van der Waals surface area contributed by atoms with Crippen LogP contribution in [0.25, 0.3) is 5.76 Å². The van der Waals surface area contributed by atoms with E-state index < -0.39 is 29.2 Å². The fourth-order valence-corrected chi connectivity index (χ4v) is 1.50. The van der Waals surface area contributed by atoms with Crippen molar-refractivity contribution >= 4 is 23.7 Å². The van der Waals surface area contributed by atoms with Gasteiger partial charge in [0.05, 0.1) is 14.2 Å². The van der Waals surface area contributed by atoms with Crippen LogP contribution in [0, 0.1) is 0 Å². The molecule has 0 fully saturated rings. The van der Waals surface area contributed by atoms with Gasteiger partial charge in [0.15, 0.2) is 5.57 Å². The molecule has 112 valence electrons. The van der Waals surface area contributed by atoms with Gasteiger partial charge < -0.3 is 19.3 Å². The monoisotopic (exact) mass is 294 g/mol. The van der Waals surface area contributed by atoms with Crippen molar-refractivity contribution < 1.29 is 33.7 Å². The zero-order valence-corrected chi connectivity index (χ0v) is 11.7. The van der Waals surface area contributed by atoms with Gasteiger partial charge in [-0.05, 0) is 12.1 Å². The topological polar surface area (TPSA) is 99.1 Å². The highest BCUT2D eigenvalue weighted by atomic mass is 16.5. The van der Waals surface area contributed by atoms with Gasteiger partial charge in [0.1, 0.15) is 11.5 Å². The Kier molecular flexibility index (Phi) is 5.48. The number of ether oxygens (including phenoxy) is 3. The van der Waals surface area contributed by atoms with Crippen LogP contribution in [0.1, 0.15) is 12.5 Å². The van der Waals surface area contributed by atoms with Crippen molar-refractivity contribution in [2.75, 3.05) is 14.2 Å². The fourth-order valence-electron chi connectivity index (χ4n) is 1.50. The predicted molar refractivity (Wildman–Crippen MR) is 71.3 cm³/mol. The molecule has 0 amide bonds. The number of carbonyl (C=O) groups is 3. The Morgan fingerprint density at radius 2 is 1.62 bits per heavy atom. The van der Waals surface area contributed by atoms with Gasteiger partial charge in [-0.2, -0.15) is 0 Å². The van der Waals surface area contributed by atoms with E-state index in [1.807, 2.05) is 0 Å². The van der Waals surface area contributed by atoms with E-state index >= 15 is 0 Å². The third-order valence-corrected chi connectivity index (χ3v) is 2.38. The van der Waals surface area contributed by atoms with Crippen LogP contribution in [0.4, 0.5) is 0 Å². The van der Waals surface area contributed by atoms with Gasteiger partial charge in [0.25, 0.3) is 0 Å². The van der Waals surface area contributed by atoms with Crippen LogP contribution in [-0.4, -0.2) is 37.2 Å². The van der Waals surface area contributed by atoms with Gasteiger partial charge in [-0.3, -0.25) is 4.79 Å². The molecule has 0 saturated carbocycles. The molecule has 0 unspecified atom stereocenters. The summed E-state index contributed by atoms with van der Waals surface area (Å²) in [7, 11) is 2.13. The summed E-state index contributed by atoms with van der Waals surface area (Å²) in [5.41, 5.74) is -0.556. The Morgan fingerprint density at radius 3 is 2.10 bits per heavy atom. The normalized spacial score (nSPS) is 9.48. The highest BCUT2D eigenvalue weighted by Crippen LogP contribution is 2.22. The van der Waals surface area contributed by atoms with E-state index in [2.05, 4.69) is 9.47 Å². The standard InChI is InChI=1S/C14H14O7/c1-8(15)21-10-6-4-5-9(7-10)12(16)11(13(17)19-2)14(18)20-3/h4-7,16H,1-3H3. The largest absolute Gasteiger partial charge is 0.506 e. The number of hydrogen-bond donors (Lipinski definition) is 1. The Labute approximate surface area is 120 Å². The molecule has 7 heteroatoms. The van der Waals surface area contributed by atoms with Crippen molar-refractivity contribution in [1.82, 2.24) is 0 Å². The smallest absolute Gasteiger partial charge is 0.349 e. The van der Waals surface area contributed by atoms with Crippen LogP contribution in [-0.2, 0) is 23.9 Å². The number of carbonyl (C=O) groups excluding carboxylic acids is 3. The lowest BCUT2D eigenvalue weighted by atomic mass is 10.1. The summed E-state index contributed by atoms with van der Waals surface area (Å²) in [6.07, 6.45) is 0. The second kappa shape index (κ2) is 7.09. The Hall–Kier alpha value is -2.83. The molecule has 1 N–H and O–H groups in total. The van der Waals surface area contributed by atoms with E-state index in [0.717, 1.165) is 14.2 Å². The zero-order chi connectivity index (χ0) is 16.0. The first-order chi connectivity index (χ1) is 9.90. The van der Waals surface area contributed by atoms with E-state index in [-0.39, 0.29) is 11.3 Å². The van der Waals surface area contributed by atoms with Crippen molar-refractivity contribution in [3.8, 4) is 5.75 Å². The van der Waals surface area contributed by atoms with Crippen molar-refractivity contribution in [1.29, 1.82) is 0 Å². The molecule has 1 rings (SSSR count). The molecule has 0 aliphatic rings. The summed E-state index contributed by atoms with van der Waals surface area (Å²) in [5.74, 6) is -3.12. The number of aliphatic hydroxyl groups is 1. The maximum absolute atomic E-state index is 11.6. The summed E-state index contributed by atoms with van der Waals surface area (Å²) in [5, 5.41) is 10.1. The van der Waals surface area contributed by atoms with Gasteiger partial charge in [0, 0.05) is 12.5 Å². The first-order valence-corrected chi connectivity index (χ1v) is 5.79. The molecule has 0 heterocycles. The van der Waals surface area contributed by atoms with Crippen LogP contribution < -0.4 is 4.74 Å². The zero-order valence-electron chi connectivity index (χ0n) is 11.7. The summed E-state index contributed by atoms with van der Waals surface area (Å²) in [6, 6.07) is 5.68. The van der Waals surface area contributed by atoms with Crippen LogP contribution in [0.5, 0.6) is 5.75 Å². The van der Waals surface area contributed by atoms with Crippen LogP contribution >= 0.6 is 0 Å². The second-order valence-corrected chi connectivity index (χ2v) is 3.83. The molecule has 0 aliphatic heterocycles. The highest BCUT2D eigenvalue weighted by molar-refractivity contribution is 6.19. The molecule has 0 aromatic heterocycles. The average Bonchev–Trinajstić information content (AvgIpc) is 2.46. The molecule has 0 spiro atoms. The average molecular weight is 294 g/mol. The maximum atomic E-state index is 11.6. The molecule has 0 atom stereocenters. The first-order valence-electron chi connectivity index (χ1n) is 5.79. The van der Waals surface area contributed by atoms with Gasteiger partial charge in [-0.25, -0.2) is 9.59 Å². The quantitative estimate of drug-likeness (QED) is 0.222. The molecule has 7 nitrogen and oxygen atoms in total. The Balaban J connectivity index is 3.32. The molecule has 1 aromatic carbocycles. The van der Waals surface area contributed by atoms with Crippen molar-refractivity contribution in [3.05, 3.63) is 35.4 Å². The number of esters is 3.